The third kappa shape index (κ3) is 4.44. The molecule has 0 bridgehead atoms. The van der Waals surface area contributed by atoms with Crippen LogP contribution < -0.4 is 5.32 Å². The molecule has 1 aliphatic heterocycles. The van der Waals surface area contributed by atoms with E-state index in [0.29, 0.717) is 6.04 Å². The van der Waals surface area contributed by atoms with E-state index >= 15 is 0 Å². The fourth-order valence-electron chi connectivity index (χ4n) is 1.63. The normalized spacial score (nSPS) is 25.5. The molecule has 0 amide bonds. The van der Waals surface area contributed by atoms with Crippen molar-refractivity contribution >= 4 is 0 Å². The lowest BCUT2D eigenvalue weighted by molar-refractivity contribution is 0.0872. The first-order valence-corrected chi connectivity index (χ1v) is 5.30. The zero-order valence-electron chi connectivity index (χ0n) is 8.59. The van der Waals surface area contributed by atoms with Gasteiger partial charge < -0.3 is 10.1 Å². The Morgan fingerprint density at radius 1 is 1.62 bits per heavy atom. The van der Waals surface area contributed by atoms with Crippen LogP contribution in [0.1, 0.15) is 32.6 Å². The molecule has 1 saturated heterocycles. The smallest absolute Gasteiger partial charge is 0.0725 e. The molecule has 0 aromatic rings. The molecule has 0 aromatic heterocycles. The van der Waals surface area contributed by atoms with Crippen LogP contribution in [0.25, 0.3) is 0 Å². The van der Waals surface area contributed by atoms with Gasteiger partial charge in [0, 0.05) is 12.6 Å². The Bertz CT molecular complexity index is 141. The summed E-state index contributed by atoms with van der Waals surface area (Å²) in [7, 11) is 0. The van der Waals surface area contributed by atoms with Crippen molar-refractivity contribution in [3.63, 3.8) is 0 Å². The number of nitrogens with one attached hydrogen (secondary N) is 1. The van der Waals surface area contributed by atoms with Crippen molar-refractivity contribution in [3.05, 3.63) is 12.7 Å². The van der Waals surface area contributed by atoms with E-state index in [9.17, 15) is 0 Å². The molecule has 1 N–H and O–H groups in total. The lowest BCUT2D eigenvalue weighted by Gasteiger charge is -2.23. The molecule has 1 fully saturated rings. The Labute approximate surface area is 81.4 Å². The molecular weight excluding hydrogens is 162 g/mol. The van der Waals surface area contributed by atoms with Crippen molar-refractivity contribution in [1.29, 1.82) is 0 Å². The van der Waals surface area contributed by atoms with Gasteiger partial charge in [0.25, 0.3) is 0 Å². The van der Waals surface area contributed by atoms with Crippen LogP contribution >= 0.6 is 0 Å². The summed E-state index contributed by atoms with van der Waals surface area (Å²) < 4.78 is 5.54. The fraction of sp³-hybridized carbons (Fsp3) is 0.818. The zero-order valence-corrected chi connectivity index (χ0v) is 8.59. The standard InChI is InChI=1S/C11H21NO/c1-3-10(2)13-9-7-11-6-4-5-8-12-11/h3,10-12H,1,4-9H2,2H3. The topological polar surface area (TPSA) is 21.3 Å². The number of rotatable bonds is 5. The molecule has 2 atom stereocenters. The second kappa shape index (κ2) is 6.17. The van der Waals surface area contributed by atoms with Crippen molar-refractivity contribution in [2.75, 3.05) is 13.2 Å². The largest absolute Gasteiger partial charge is 0.374 e. The summed E-state index contributed by atoms with van der Waals surface area (Å²) in [5.74, 6) is 0. The average molecular weight is 183 g/mol. The molecule has 1 aliphatic rings. The fourth-order valence-corrected chi connectivity index (χ4v) is 1.63. The van der Waals surface area contributed by atoms with E-state index in [1.54, 1.807) is 0 Å². The predicted octanol–water partition coefficient (Wildman–Crippen LogP) is 2.11. The third-order valence-electron chi connectivity index (χ3n) is 2.59. The number of ether oxygens (including phenoxy) is 1. The summed E-state index contributed by atoms with van der Waals surface area (Å²) in [5, 5.41) is 3.51. The van der Waals surface area contributed by atoms with Crippen molar-refractivity contribution < 1.29 is 4.74 Å². The first-order chi connectivity index (χ1) is 6.33. The lowest BCUT2D eigenvalue weighted by Crippen LogP contribution is -2.35. The second-order valence-corrected chi connectivity index (χ2v) is 3.75. The summed E-state index contributed by atoms with van der Waals surface area (Å²) in [6.45, 7) is 7.75. The van der Waals surface area contributed by atoms with Crippen molar-refractivity contribution in [2.24, 2.45) is 0 Å². The van der Waals surface area contributed by atoms with E-state index in [-0.39, 0.29) is 6.10 Å². The highest BCUT2D eigenvalue weighted by Crippen LogP contribution is 2.10. The summed E-state index contributed by atoms with van der Waals surface area (Å²) in [5.41, 5.74) is 0. The molecule has 2 unspecified atom stereocenters. The van der Waals surface area contributed by atoms with Gasteiger partial charge in [-0.3, -0.25) is 0 Å². The molecule has 76 valence electrons. The van der Waals surface area contributed by atoms with E-state index in [0.717, 1.165) is 13.0 Å². The Hall–Kier alpha value is -0.340. The van der Waals surface area contributed by atoms with Crippen LogP contribution in [0.15, 0.2) is 12.7 Å². The minimum atomic E-state index is 0.198. The maximum absolute atomic E-state index is 5.54. The minimum absolute atomic E-state index is 0.198. The van der Waals surface area contributed by atoms with Gasteiger partial charge in [-0.25, -0.2) is 0 Å². The minimum Gasteiger partial charge on any atom is -0.374 e. The molecule has 0 saturated carbocycles. The van der Waals surface area contributed by atoms with Gasteiger partial charge in [0.15, 0.2) is 0 Å². The molecule has 0 aliphatic carbocycles. The van der Waals surface area contributed by atoms with Crippen LogP contribution in [0.5, 0.6) is 0 Å². The summed E-state index contributed by atoms with van der Waals surface area (Å²) in [4.78, 5) is 0. The van der Waals surface area contributed by atoms with Crippen LogP contribution in [0.2, 0.25) is 0 Å². The molecular formula is C11H21NO. The highest BCUT2D eigenvalue weighted by Gasteiger charge is 2.11. The summed E-state index contributed by atoms with van der Waals surface area (Å²) in [6.07, 6.45) is 7.19. The van der Waals surface area contributed by atoms with E-state index < -0.39 is 0 Å². The maximum atomic E-state index is 5.54. The van der Waals surface area contributed by atoms with Crippen molar-refractivity contribution in [1.82, 2.24) is 5.32 Å². The van der Waals surface area contributed by atoms with Crippen LogP contribution in [0.4, 0.5) is 0 Å². The second-order valence-electron chi connectivity index (χ2n) is 3.75. The molecule has 1 rings (SSSR count). The zero-order chi connectivity index (χ0) is 9.52. The van der Waals surface area contributed by atoms with Gasteiger partial charge in [0.05, 0.1) is 6.10 Å². The molecule has 0 aromatic carbocycles. The maximum Gasteiger partial charge on any atom is 0.0725 e. The van der Waals surface area contributed by atoms with Crippen LogP contribution in [-0.4, -0.2) is 25.3 Å². The first-order valence-electron chi connectivity index (χ1n) is 5.30. The molecule has 0 spiro atoms. The number of hydrogen-bond acceptors (Lipinski definition) is 2. The van der Waals surface area contributed by atoms with Crippen molar-refractivity contribution in [2.45, 2.75) is 44.8 Å². The predicted molar refractivity (Wildman–Crippen MR) is 55.9 cm³/mol. The van der Waals surface area contributed by atoms with Crippen LogP contribution in [0.3, 0.4) is 0 Å². The summed E-state index contributed by atoms with van der Waals surface area (Å²) in [6, 6.07) is 0.686. The van der Waals surface area contributed by atoms with Crippen LogP contribution in [-0.2, 0) is 4.74 Å². The van der Waals surface area contributed by atoms with Crippen LogP contribution in [0, 0.1) is 0 Å². The van der Waals surface area contributed by atoms with Gasteiger partial charge in [-0.2, -0.15) is 0 Å². The van der Waals surface area contributed by atoms with Crippen molar-refractivity contribution in [3.8, 4) is 0 Å². The Balaban J connectivity index is 2.01. The first kappa shape index (κ1) is 10.7. The molecule has 2 nitrogen and oxygen atoms in total. The molecule has 2 heteroatoms. The monoisotopic (exact) mass is 183 g/mol. The lowest BCUT2D eigenvalue weighted by atomic mass is 10.0. The Morgan fingerprint density at radius 3 is 3.08 bits per heavy atom. The highest BCUT2D eigenvalue weighted by molar-refractivity contribution is 4.76. The van der Waals surface area contributed by atoms with E-state index in [2.05, 4.69) is 11.9 Å². The number of hydrogen-bond donors (Lipinski definition) is 1. The number of piperidine rings is 1. The Morgan fingerprint density at radius 2 is 2.46 bits per heavy atom. The van der Waals surface area contributed by atoms with Gasteiger partial charge >= 0.3 is 0 Å². The Kier molecular flexibility index (Phi) is 5.09. The van der Waals surface area contributed by atoms with Gasteiger partial charge in [-0.1, -0.05) is 12.5 Å². The molecule has 1 heterocycles. The van der Waals surface area contributed by atoms with Gasteiger partial charge in [0.2, 0.25) is 0 Å². The van der Waals surface area contributed by atoms with Gasteiger partial charge in [-0.05, 0) is 32.7 Å². The average Bonchev–Trinajstić information content (AvgIpc) is 2.19. The van der Waals surface area contributed by atoms with E-state index in [1.807, 2.05) is 13.0 Å². The highest BCUT2D eigenvalue weighted by atomic mass is 16.5. The van der Waals surface area contributed by atoms with Gasteiger partial charge in [-0.15, -0.1) is 6.58 Å². The summed E-state index contributed by atoms with van der Waals surface area (Å²) >= 11 is 0. The SMILES string of the molecule is C=CC(C)OCCC1CCCCN1. The molecule has 0 radical (unpaired) electrons. The van der Waals surface area contributed by atoms with Gasteiger partial charge in [0.1, 0.15) is 0 Å². The van der Waals surface area contributed by atoms with E-state index in [4.69, 9.17) is 4.74 Å². The van der Waals surface area contributed by atoms with E-state index in [1.165, 1.54) is 25.8 Å². The molecule has 13 heavy (non-hydrogen) atoms. The quantitative estimate of drug-likeness (QED) is 0.659. The third-order valence-corrected chi connectivity index (χ3v) is 2.59.